The van der Waals surface area contributed by atoms with Crippen molar-refractivity contribution in [1.29, 1.82) is 5.26 Å². The Morgan fingerprint density at radius 2 is 1.95 bits per heavy atom. The van der Waals surface area contributed by atoms with Crippen LogP contribution in [0.2, 0.25) is 5.02 Å². The molecule has 0 radical (unpaired) electrons. The molecule has 2 aromatic carbocycles. The van der Waals surface area contributed by atoms with E-state index in [-0.39, 0.29) is 0 Å². The van der Waals surface area contributed by atoms with Gasteiger partial charge in [-0.2, -0.15) is 5.26 Å². The van der Waals surface area contributed by atoms with E-state index in [1.807, 2.05) is 42.5 Å². The molecule has 3 rings (SSSR count). The molecular weight excluding hydrogens is 258 g/mol. The van der Waals surface area contributed by atoms with Gasteiger partial charge >= 0.3 is 0 Å². The van der Waals surface area contributed by atoms with E-state index < -0.39 is 0 Å². The fraction of sp³-hybridized carbons (Fsp3) is 0.133. The van der Waals surface area contributed by atoms with Gasteiger partial charge in [0, 0.05) is 23.8 Å². The molecule has 0 atom stereocenters. The Hall–Kier alpha value is -2.18. The van der Waals surface area contributed by atoms with Crippen molar-refractivity contribution in [3.05, 3.63) is 53.1 Å². The first kappa shape index (κ1) is 11.9. The van der Waals surface area contributed by atoms with Crippen molar-refractivity contribution in [2.24, 2.45) is 0 Å². The number of benzene rings is 2. The Balaban J connectivity index is 2.06. The number of rotatable bonds is 1. The second-order valence-corrected chi connectivity index (χ2v) is 4.83. The molecule has 1 heterocycles. The molecule has 0 saturated carbocycles. The summed E-state index contributed by atoms with van der Waals surface area (Å²) < 4.78 is 0. The highest BCUT2D eigenvalue weighted by molar-refractivity contribution is 6.30. The summed E-state index contributed by atoms with van der Waals surface area (Å²) in [6, 6.07) is 15.6. The molecule has 0 fully saturated rings. The van der Waals surface area contributed by atoms with Gasteiger partial charge in [0.2, 0.25) is 0 Å². The average Bonchev–Trinajstić information content (AvgIpc) is 2.47. The quantitative estimate of drug-likeness (QED) is 0.856. The van der Waals surface area contributed by atoms with Crippen molar-refractivity contribution >= 4 is 28.7 Å². The standard InChI is InChI=1S/C15H12ClN3/c16-12-2-4-13(5-3-12)19-8-7-18-14-6-1-11(10-17)9-15(14)19/h1-6,9,18H,7-8H2. The summed E-state index contributed by atoms with van der Waals surface area (Å²) in [6.45, 7) is 1.74. The van der Waals surface area contributed by atoms with Crippen LogP contribution >= 0.6 is 11.6 Å². The molecule has 0 bridgehead atoms. The Bertz CT molecular complexity index is 643. The van der Waals surface area contributed by atoms with Crippen molar-refractivity contribution in [3.8, 4) is 6.07 Å². The highest BCUT2D eigenvalue weighted by Crippen LogP contribution is 2.35. The third kappa shape index (κ3) is 2.23. The lowest BCUT2D eigenvalue weighted by Gasteiger charge is -2.32. The number of nitriles is 1. The van der Waals surface area contributed by atoms with Gasteiger partial charge in [-0.1, -0.05) is 11.6 Å². The molecule has 1 aliphatic heterocycles. The minimum atomic E-state index is 0.668. The normalized spacial score (nSPS) is 13.4. The van der Waals surface area contributed by atoms with Gasteiger partial charge in [0.15, 0.2) is 0 Å². The van der Waals surface area contributed by atoms with E-state index in [1.165, 1.54) is 0 Å². The van der Waals surface area contributed by atoms with Crippen LogP contribution < -0.4 is 10.2 Å². The number of fused-ring (bicyclic) bond motifs is 1. The maximum absolute atomic E-state index is 9.03. The van der Waals surface area contributed by atoms with E-state index in [2.05, 4.69) is 16.3 Å². The van der Waals surface area contributed by atoms with Gasteiger partial charge in [0.1, 0.15) is 0 Å². The fourth-order valence-corrected chi connectivity index (χ4v) is 2.41. The summed E-state index contributed by atoms with van der Waals surface area (Å²) in [7, 11) is 0. The first-order valence-electron chi connectivity index (χ1n) is 6.09. The van der Waals surface area contributed by atoms with Crippen LogP contribution in [-0.4, -0.2) is 13.1 Å². The van der Waals surface area contributed by atoms with E-state index in [0.29, 0.717) is 5.56 Å². The molecule has 19 heavy (non-hydrogen) atoms. The summed E-state index contributed by atoms with van der Waals surface area (Å²) in [5.74, 6) is 0. The molecule has 2 aromatic rings. The van der Waals surface area contributed by atoms with Crippen LogP contribution in [0, 0.1) is 11.3 Å². The lowest BCUT2D eigenvalue weighted by molar-refractivity contribution is 0.926. The smallest absolute Gasteiger partial charge is 0.0992 e. The van der Waals surface area contributed by atoms with E-state index in [4.69, 9.17) is 16.9 Å². The van der Waals surface area contributed by atoms with E-state index in [0.717, 1.165) is 35.2 Å². The van der Waals surface area contributed by atoms with Crippen LogP contribution in [0.15, 0.2) is 42.5 Å². The van der Waals surface area contributed by atoms with Gasteiger partial charge in [-0.05, 0) is 42.5 Å². The lowest BCUT2D eigenvalue weighted by atomic mass is 10.1. The number of halogens is 1. The molecule has 4 heteroatoms. The largest absolute Gasteiger partial charge is 0.382 e. The van der Waals surface area contributed by atoms with Crippen molar-refractivity contribution in [2.45, 2.75) is 0 Å². The van der Waals surface area contributed by atoms with Gasteiger partial charge in [0.25, 0.3) is 0 Å². The zero-order valence-corrected chi connectivity index (χ0v) is 11.0. The minimum absolute atomic E-state index is 0.668. The number of nitrogens with one attached hydrogen (secondary N) is 1. The number of hydrogen-bond donors (Lipinski definition) is 1. The molecule has 0 spiro atoms. The lowest BCUT2D eigenvalue weighted by Crippen LogP contribution is -2.30. The summed E-state index contributed by atoms with van der Waals surface area (Å²) >= 11 is 5.92. The predicted octanol–water partition coefficient (Wildman–Crippen LogP) is 3.78. The summed E-state index contributed by atoms with van der Waals surface area (Å²) in [6.07, 6.45) is 0. The Labute approximate surface area is 117 Å². The predicted molar refractivity (Wildman–Crippen MR) is 78.1 cm³/mol. The summed E-state index contributed by atoms with van der Waals surface area (Å²) in [5.41, 5.74) is 3.84. The first-order chi connectivity index (χ1) is 9.28. The molecule has 0 aliphatic carbocycles. The average molecular weight is 270 g/mol. The Morgan fingerprint density at radius 3 is 2.68 bits per heavy atom. The molecule has 3 nitrogen and oxygen atoms in total. The topological polar surface area (TPSA) is 39.1 Å². The second-order valence-electron chi connectivity index (χ2n) is 4.40. The zero-order valence-electron chi connectivity index (χ0n) is 10.2. The van der Waals surface area contributed by atoms with E-state index >= 15 is 0 Å². The van der Waals surface area contributed by atoms with Crippen molar-refractivity contribution in [1.82, 2.24) is 0 Å². The van der Waals surface area contributed by atoms with Crippen LogP contribution in [0.5, 0.6) is 0 Å². The second kappa shape index (κ2) is 4.83. The third-order valence-corrected chi connectivity index (χ3v) is 3.46. The molecule has 1 N–H and O–H groups in total. The van der Waals surface area contributed by atoms with Crippen LogP contribution in [0.4, 0.5) is 17.1 Å². The molecule has 0 saturated heterocycles. The van der Waals surface area contributed by atoms with Crippen molar-refractivity contribution < 1.29 is 0 Å². The fourth-order valence-electron chi connectivity index (χ4n) is 2.29. The molecule has 1 aliphatic rings. The van der Waals surface area contributed by atoms with Gasteiger partial charge in [0.05, 0.1) is 23.0 Å². The molecule has 0 aromatic heterocycles. The van der Waals surface area contributed by atoms with Gasteiger partial charge in [-0.15, -0.1) is 0 Å². The summed E-state index contributed by atoms with van der Waals surface area (Å²) in [4.78, 5) is 2.20. The van der Waals surface area contributed by atoms with Crippen molar-refractivity contribution in [2.75, 3.05) is 23.3 Å². The van der Waals surface area contributed by atoms with E-state index in [9.17, 15) is 0 Å². The maximum Gasteiger partial charge on any atom is 0.0992 e. The van der Waals surface area contributed by atoms with Crippen LogP contribution in [0.1, 0.15) is 5.56 Å². The SMILES string of the molecule is N#Cc1ccc2c(c1)N(c1ccc(Cl)cc1)CCN2. The van der Waals surface area contributed by atoms with E-state index in [1.54, 1.807) is 0 Å². The monoisotopic (exact) mass is 269 g/mol. The number of hydrogen-bond acceptors (Lipinski definition) is 3. The highest BCUT2D eigenvalue weighted by atomic mass is 35.5. The van der Waals surface area contributed by atoms with Gasteiger partial charge < -0.3 is 10.2 Å². The third-order valence-electron chi connectivity index (χ3n) is 3.21. The van der Waals surface area contributed by atoms with Crippen molar-refractivity contribution in [3.63, 3.8) is 0 Å². The highest BCUT2D eigenvalue weighted by Gasteiger charge is 2.18. The Morgan fingerprint density at radius 1 is 1.16 bits per heavy atom. The van der Waals surface area contributed by atoms with Crippen LogP contribution in [0.3, 0.4) is 0 Å². The molecule has 0 amide bonds. The molecule has 94 valence electrons. The first-order valence-corrected chi connectivity index (χ1v) is 6.47. The van der Waals surface area contributed by atoms with Crippen LogP contribution in [0.25, 0.3) is 0 Å². The number of anilines is 3. The maximum atomic E-state index is 9.03. The molecular formula is C15H12ClN3. The number of nitrogens with zero attached hydrogens (tertiary/aromatic N) is 2. The van der Waals surface area contributed by atoms with Crippen LogP contribution in [-0.2, 0) is 0 Å². The summed E-state index contributed by atoms with van der Waals surface area (Å²) in [5, 5.41) is 13.1. The molecule has 0 unspecified atom stereocenters. The zero-order chi connectivity index (χ0) is 13.2. The Kier molecular flexibility index (Phi) is 3.02. The minimum Gasteiger partial charge on any atom is -0.382 e. The van der Waals surface area contributed by atoms with Gasteiger partial charge in [-0.25, -0.2) is 0 Å². The van der Waals surface area contributed by atoms with Gasteiger partial charge in [-0.3, -0.25) is 0 Å².